The lowest BCUT2D eigenvalue weighted by molar-refractivity contribution is 0.868. The summed E-state index contributed by atoms with van der Waals surface area (Å²) in [5, 5.41) is 2.41. The van der Waals surface area contributed by atoms with E-state index in [1.807, 2.05) is 12.1 Å². The van der Waals surface area contributed by atoms with Gasteiger partial charge in [0.15, 0.2) is 0 Å². The molecule has 4 nitrogen and oxygen atoms in total. The third kappa shape index (κ3) is 4.71. The molecule has 0 fully saturated rings. The minimum atomic E-state index is 0.282. The number of hydrogen-bond acceptors (Lipinski definition) is 2. The summed E-state index contributed by atoms with van der Waals surface area (Å²) in [6.07, 6.45) is 0. The van der Waals surface area contributed by atoms with Gasteiger partial charge in [-0.2, -0.15) is 9.98 Å². The topological polar surface area (TPSA) is 56.3 Å². The molecule has 0 unspecified atom stereocenters. The Morgan fingerprint density at radius 2 is 0.974 bits per heavy atom. The first-order chi connectivity index (χ1) is 19.0. The van der Waals surface area contributed by atoms with E-state index in [1.54, 1.807) is 0 Å². The number of aromatic amines is 2. The zero-order valence-electron chi connectivity index (χ0n) is 22.8. The molecular weight excluding hydrogens is 476 g/mol. The van der Waals surface area contributed by atoms with E-state index in [4.69, 9.17) is 9.98 Å². The molecule has 0 aliphatic rings. The second-order valence-electron chi connectivity index (χ2n) is 10.7. The Labute approximate surface area is 229 Å². The van der Waals surface area contributed by atoms with Gasteiger partial charge in [0.2, 0.25) is 0 Å². The first-order valence-corrected chi connectivity index (χ1v) is 13.6. The first kappa shape index (κ1) is 24.7. The van der Waals surface area contributed by atoms with Crippen LogP contribution < -0.4 is 0 Å². The highest BCUT2D eigenvalue weighted by atomic mass is 14.8. The molecule has 0 aliphatic carbocycles. The van der Waals surface area contributed by atoms with Crippen molar-refractivity contribution in [2.45, 2.75) is 39.5 Å². The van der Waals surface area contributed by atoms with Crippen LogP contribution in [0.25, 0.3) is 44.3 Å². The third-order valence-electron chi connectivity index (χ3n) is 7.30. The number of benzene rings is 4. The second kappa shape index (κ2) is 10.2. The highest BCUT2D eigenvalue weighted by Gasteiger charge is 2.16. The van der Waals surface area contributed by atoms with Gasteiger partial charge in [-0.25, -0.2) is 0 Å². The van der Waals surface area contributed by atoms with Crippen LogP contribution in [-0.2, 0) is 0 Å². The quantitative estimate of drug-likeness (QED) is 0.210. The van der Waals surface area contributed by atoms with E-state index in [2.05, 4.69) is 129 Å². The van der Waals surface area contributed by atoms with Crippen LogP contribution >= 0.6 is 0 Å². The molecule has 0 aliphatic heterocycles. The zero-order chi connectivity index (χ0) is 26.9. The zero-order valence-corrected chi connectivity index (χ0v) is 22.8. The van der Waals surface area contributed by atoms with Gasteiger partial charge in [-0.1, -0.05) is 88.4 Å². The number of nitrogens with one attached hydrogen (secondary N) is 2. The largest absolute Gasteiger partial charge is 0.355 e. The molecule has 0 bridgehead atoms. The van der Waals surface area contributed by atoms with E-state index in [-0.39, 0.29) is 11.8 Å². The summed E-state index contributed by atoms with van der Waals surface area (Å²) in [6.45, 7) is 8.83. The summed E-state index contributed by atoms with van der Waals surface area (Å²) in [6, 6.07) is 36.8. The van der Waals surface area contributed by atoms with E-state index in [1.165, 1.54) is 21.9 Å². The van der Waals surface area contributed by atoms with E-state index in [0.29, 0.717) is 0 Å². The van der Waals surface area contributed by atoms with Crippen LogP contribution in [0.4, 0.5) is 11.4 Å². The molecule has 2 N–H and O–H groups in total. The van der Waals surface area contributed by atoms with Crippen molar-refractivity contribution in [3.8, 4) is 22.5 Å². The van der Waals surface area contributed by atoms with Gasteiger partial charge in [-0.15, -0.1) is 0 Å². The average Bonchev–Trinajstić information content (AvgIpc) is 3.57. The fourth-order valence-electron chi connectivity index (χ4n) is 5.55. The molecule has 2 heterocycles. The highest BCUT2D eigenvalue weighted by molar-refractivity contribution is 5.89. The molecule has 0 saturated carbocycles. The summed E-state index contributed by atoms with van der Waals surface area (Å²) in [5.41, 5.74) is 10.9. The summed E-state index contributed by atoms with van der Waals surface area (Å²) >= 11 is 0. The SMILES string of the molecule is CC(C)c1c(N=C=Nc2cccc(-c3cc4ccccc4[nH]3)c2C(C)C)cccc1-c1cc2ccccc2[nH]1. The van der Waals surface area contributed by atoms with Gasteiger partial charge in [0, 0.05) is 44.3 Å². The number of aliphatic imine (C=N–C) groups is 2. The van der Waals surface area contributed by atoms with Gasteiger partial charge in [-0.3, -0.25) is 0 Å². The molecule has 4 heteroatoms. The molecule has 6 rings (SSSR count). The molecular formula is C35H32N4. The van der Waals surface area contributed by atoms with Crippen molar-refractivity contribution in [2.75, 3.05) is 0 Å². The van der Waals surface area contributed by atoms with Crippen LogP contribution in [-0.4, -0.2) is 16.0 Å². The van der Waals surface area contributed by atoms with E-state index < -0.39 is 0 Å². The first-order valence-electron chi connectivity index (χ1n) is 13.6. The van der Waals surface area contributed by atoms with Crippen LogP contribution in [0.1, 0.15) is 50.7 Å². The molecule has 6 aromatic rings. The van der Waals surface area contributed by atoms with Crippen molar-refractivity contribution in [3.05, 3.63) is 108 Å². The molecule has 0 saturated heterocycles. The molecule has 4 aromatic carbocycles. The lowest BCUT2D eigenvalue weighted by atomic mass is 9.93. The van der Waals surface area contributed by atoms with Gasteiger partial charge in [0.05, 0.1) is 11.4 Å². The lowest BCUT2D eigenvalue weighted by Gasteiger charge is -2.14. The Morgan fingerprint density at radius 1 is 0.538 bits per heavy atom. The maximum atomic E-state index is 4.76. The minimum Gasteiger partial charge on any atom is -0.355 e. The number of aromatic nitrogens is 2. The Hall–Kier alpha value is -4.66. The highest BCUT2D eigenvalue weighted by Crippen LogP contribution is 2.39. The van der Waals surface area contributed by atoms with Gasteiger partial charge < -0.3 is 9.97 Å². The monoisotopic (exact) mass is 508 g/mol. The van der Waals surface area contributed by atoms with Gasteiger partial charge in [-0.05, 0) is 59.4 Å². The summed E-state index contributed by atoms with van der Waals surface area (Å²) in [7, 11) is 0. The van der Waals surface area contributed by atoms with Crippen LogP contribution in [0, 0.1) is 0 Å². The molecule has 39 heavy (non-hydrogen) atoms. The maximum Gasteiger partial charge on any atom is 0.100 e. The van der Waals surface area contributed by atoms with Crippen molar-refractivity contribution in [1.29, 1.82) is 0 Å². The number of rotatable bonds is 6. The number of H-pyrrole nitrogens is 2. The number of para-hydroxylation sites is 2. The average molecular weight is 509 g/mol. The molecule has 0 amide bonds. The standard InChI is InChI=1S/C35H32N4/c1-22(2)34-26(32-19-24-11-5-7-15-28(24)38-32)13-9-17-30(34)36-21-37-31-18-10-14-27(35(31)23(3)4)33-20-25-12-6-8-16-29(25)39-33/h5-20,22-23,38-39H,1-4H3. The molecule has 2 aromatic heterocycles. The minimum absolute atomic E-state index is 0.282. The fraction of sp³-hybridized carbons (Fsp3) is 0.171. The molecule has 0 spiro atoms. The van der Waals surface area contributed by atoms with Gasteiger partial charge in [0.1, 0.15) is 6.01 Å². The molecule has 0 atom stereocenters. The van der Waals surface area contributed by atoms with Crippen molar-refractivity contribution in [2.24, 2.45) is 9.98 Å². The smallest absolute Gasteiger partial charge is 0.100 e. The third-order valence-corrected chi connectivity index (χ3v) is 7.30. The second-order valence-corrected chi connectivity index (χ2v) is 10.7. The molecule has 0 radical (unpaired) electrons. The summed E-state index contributed by atoms with van der Waals surface area (Å²) < 4.78 is 0. The normalized spacial score (nSPS) is 11.4. The van der Waals surface area contributed by atoms with Crippen LogP contribution in [0.2, 0.25) is 0 Å². The predicted molar refractivity (Wildman–Crippen MR) is 165 cm³/mol. The Morgan fingerprint density at radius 3 is 1.38 bits per heavy atom. The fourth-order valence-corrected chi connectivity index (χ4v) is 5.55. The lowest BCUT2D eigenvalue weighted by Crippen LogP contribution is -1.94. The van der Waals surface area contributed by atoms with Crippen molar-refractivity contribution in [3.63, 3.8) is 0 Å². The Kier molecular flexibility index (Phi) is 6.48. The number of hydrogen-bond donors (Lipinski definition) is 2. The van der Waals surface area contributed by atoms with Crippen molar-refractivity contribution in [1.82, 2.24) is 9.97 Å². The summed E-state index contributed by atoms with van der Waals surface area (Å²) in [5.74, 6) is 0.564. The van der Waals surface area contributed by atoms with Crippen LogP contribution in [0.15, 0.2) is 107 Å². The van der Waals surface area contributed by atoms with Crippen LogP contribution in [0.5, 0.6) is 0 Å². The van der Waals surface area contributed by atoms with E-state index >= 15 is 0 Å². The number of nitrogens with zero attached hydrogens (tertiary/aromatic N) is 2. The molecule has 192 valence electrons. The van der Waals surface area contributed by atoms with Crippen LogP contribution in [0.3, 0.4) is 0 Å². The Balaban J connectivity index is 1.42. The van der Waals surface area contributed by atoms with Gasteiger partial charge >= 0.3 is 0 Å². The van der Waals surface area contributed by atoms with E-state index in [0.717, 1.165) is 44.9 Å². The van der Waals surface area contributed by atoms with Gasteiger partial charge in [0.25, 0.3) is 0 Å². The van der Waals surface area contributed by atoms with E-state index in [9.17, 15) is 0 Å². The van der Waals surface area contributed by atoms with Crippen molar-refractivity contribution < 1.29 is 0 Å². The number of fused-ring (bicyclic) bond motifs is 2. The predicted octanol–water partition coefficient (Wildman–Crippen LogP) is 10.4. The summed E-state index contributed by atoms with van der Waals surface area (Å²) in [4.78, 5) is 16.7. The maximum absolute atomic E-state index is 4.76. The van der Waals surface area contributed by atoms with Crippen molar-refractivity contribution >= 4 is 39.2 Å². The Bertz CT molecular complexity index is 1660.